The summed E-state index contributed by atoms with van der Waals surface area (Å²) in [7, 11) is 1.55. The van der Waals surface area contributed by atoms with Gasteiger partial charge in [0.05, 0.1) is 6.04 Å². The highest BCUT2D eigenvalue weighted by Gasteiger charge is 2.12. The topological polar surface area (TPSA) is 64.3 Å². The summed E-state index contributed by atoms with van der Waals surface area (Å²) in [5, 5.41) is 2.65. The number of hydrogen-bond acceptors (Lipinski definition) is 3. The van der Waals surface area contributed by atoms with Crippen LogP contribution in [0.1, 0.15) is 12.0 Å². The summed E-state index contributed by atoms with van der Waals surface area (Å²) >= 11 is 0. The van der Waals surface area contributed by atoms with Gasteiger partial charge in [-0.05, 0) is 24.1 Å². The number of halogens is 1. The minimum atomic E-state index is -0.594. The van der Waals surface area contributed by atoms with Gasteiger partial charge in [0, 0.05) is 20.3 Å². The molecule has 0 radical (unpaired) electrons. The van der Waals surface area contributed by atoms with Crippen molar-refractivity contribution < 1.29 is 13.9 Å². The molecule has 0 aliphatic carbocycles. The van der Waals surface area contributed by atoms with E-state index >= 15 is 0 Å². The molecule has 17 heavy (non-hydrogen) atoms. The molecular formula is C12H17FN2O2. The number of hydrogen-bond donors (Lipinski definition) is 2. The minimum absolute atomic E-state index is 0.258. The number of carbonyl (C=O) groups is 1. The van der Waals surface area contributed by atoms with Gasteiger partial charge in [0.25, 0.3) is 0 Å². The largest absolute Gasteiger partial charge is 0.385 e. The Morgan fingerprint density at radius 2 is 2.35 bits per heavy atom. The predicted octanol–water partition coefficient (Wildman–Crippen LogP) is 0.806. The minimum Gasteiger partial charge on any atom is -0.385 e. The van der Waals surface area contributed by atoms with Crippen molar-refractivity contribution in [2.75, 3.05) is 13.7 Å². The van der Waals surface area contributed by atoms with Crippen LogP contribution in [0.5, 0.6) is 0 Å². The normalized spacial score (nSPS) is 12.2. The Balaban J connectivity index is 2.37. The zero-order chi connectivity index (χ0) is 12.7. The van der Waals surface area contributed by atoms with E-state index < -0.39 is 6.04 Å². The van der Waals surface area contributed by atoms with Crippen LogP contribution in [0.25, 0.3) is 0 Å². The fourth-order valence-corrected chi connectivity index (χ4v) is 1.34. The van der Waals surface area contributed by atoms with Crippen molar-refractivity contribution in [3.8, 4) is 0 Å². The fraction of sp³-hybridized carbons (Fsp3) is 0.417. The number of benzene rings is 1. The Kier molecular flexibility index (Phi) is 5.59. The van der Waals surface area contributed by atoms with Crippen LogP contribution in [0.2, 0.25) is 0 Å². The number of nitrogens with one attached hydrogen (secondary N) is 1. The second-order valence-corrected chi connectivity index (χ2v) is 3.74. The number of methoxy groups -OCH3 is 1. The Hall–Kier alpha value is -1.46. The summed E-state index contributed by atoms with van der Waals surface area (Å²) in [6.45, 7) is 0.714. The van der Waals surface area contributed by atoms with Crippen molar-refractivity contribution in [2.24, 2.45) is 5.73 Å². The van der Waals surface area contributed by atoms with Gasteiger partial charge in [-0.3, -0.25) is 4.79 Å². The van der Waals surface area contributed by atoms with Crippen molar-refractivity contribution in [3.05, 3.63) is 35.6 Å². The van der Waals surface area contributed by atoms with Crippen LogP contribution >= 0.6 is 0 Å². The van der Waals surface area contributed by atoms with Gasteiger partial charge in [-0.2, -0.15) is 0 Å². The summed E-state index contributed by atoms with van der Waals surface area (Å²) in [5.41, 5.74) is 6.34. The highest BCUT2D eigenvalue weighted by Crippen LogP contribution is 2.03. The number of carbonyl (C=O) groups excluding carboxylic acids is 1. The quantitative estimate of drug-likeness (QED) is 0.773. The van der Waals surface area contributed by atoms with Crippen LogP contribution in [-0.4, -0.2) is 25.7 Å². The molecule has 5 heteroatoms. The monoisotopic (exact) mass is 240 g/mol. The third-order valence-corrected chi connectivity index (χ3v) is 2.33. The van der Waals surface area contributed by atoms with E-state index in [2.05, 4.69) is 5.32 Å². The second kappa shape index (κ2) is 6.98. The SMILES string of the molecule is COCCC(N)C(=O)NCc1cccc(F)c1. The van der Waals surface area contributed by atoms with Crippen LogP contribution in [0.15, 0.2) is 24.3 Å². The van der Waals surface area contributed by atoms with E-state index in [1.54, 1.807) is 19.2 Å². The van der Waals surface area contributed by atoms with Crippen LogP contribution < -0.4 is 11.1 Å². The average molecular weight is 240 g/mol. The molecule has 0 fully saturated rings. The lowest BCUT2D eigenvalue weighted by molar-refractivity contribution is -0.122. The van der Waals surface area contributed by atoms with E-state index in [0.29, 0.717) is 18.6 Å². The molecule has 1 unspecified atom stereocenters. The Labute approximate surface area is 100.0 Å². The lowest BCUT2D eigenvalue weighted by atomic mass is 10.2. The first kappa shape index (κ1) is 13.6. The summed E-state index contributed by atoms with van der Waals surface area (Å²) in [4.78, 5) is 11.5. The van der Waals surface area contributed by atoms with E-state index in [1.807, 2.05) is 0 Å². The molecular weight excluding hydrogens is 223 g/mol. The van der Waals surface area contributed by atoms with Crippen molar-refractivity contribution >= 4 is 5.91 Å². The van der Waals surface area contributed by atoms with Crippen molar-refractivity contribution in [1.82, 2.24) is 5.32 Å². The zero-order valence-corrected chi connectivity index (χ0v) is 9.78. The van der Waals surface area contributed by atoms with Crippen LogP contribution in [0.3, 0.4) is 0 Å². The zero-order valence-electron chi connectivity index (χ0n) is 9.78. The lowest BCUT2D eigenvalue weighted by Gasteiger charge is -2.11. The first-order chi connectivity index (χ1) is 8.13. The van der Waals surface area contributed by atoms with E-state index in [-0.39, 0.29) is 18.3 Å². The second-order valence-electron chi connectivity index (χ2n) is 3.74. The Bertz CT molecular complexity index is 371. The molecule has 0 aliphatic heterocycles. The molecule has 1 aromatic carbocycles. The first-order valence-electron chi connectivity index (χ1n) is 5.40. The van der Waals surface area contributed by atoms with E-state index in [0.717, 1.165) is 0 Å². The van der Waals surface area contributed by atoms with Crippen LogP contribution in [-0.2, 0) is 16.1 Å². The lowest BCUT2D eigenvalue weighted by Crippen LogP contribution is -2.40. The van der Waals surface area contributed by atoms with Crippen LogP contribution in [0, 0.1) is 5.82 Å². The molecule has 0 heterocycles. The smallest absolute Gasteiger partial charge is 0.237 e. The summed E-state index contributed by atoms with van der Waals surface area (Å²) in [6.07, 6.45) is 0.464. The molecule has 1 rings (SSSR count). The van der Waals surface area contributed by atoms with Gasteiger partial charge in [-0.1, -0.05) is 12.1 Å². The molecule has 3 N–H and O–H groups in total. The van der Waals surface area contributed by atoms with E-state index in [1.165, 1.54) is 12.1 Å². The molecule has 0 saturated heterocycles. The standard InChI is InChI=1S/C12H17FN2O2/c1-17-6-5-11(14)12(16)15-8-9-3-2-4-10(13)7-9/h2-4,7,11H,5-6,8,14H2,1H3,(H,15,16). The van der Waals surface area contributed by atoms with Gasteiger partial charge >= 0.3 is 0 Å². The molecule has 1 aromatic rings. The van der Waals surface area contributed by atoms with Crippen molar-refractivity contribution in [3.63, 3.8) is 0 Å². The number of rotatable bonds is 6. The number of amides is 1. The van der Waals surface area contributed by atoms with Crippen molar-refractivity contribution in [2.45, 2.75) is 19.0 Å². The molecule has 0 aromatic heterocycles. The van der Waals surface area contributed by atoms with Gasteiger partial charge in [-0.25, -0.2) is 4.39 Å². The van der Waals surface area contributed by atoms with Gasteiger partial charge in [-0.15, -0.1) is 0 Å². The van der Waals surface area contributed by atoms with E-state index in [4.69, 9.17) is 10.5 Å². The summed E-state index contributed by atoms with van der Waals surface area (Å²) < 4.78 is 17.7. The number of ether oxygens (including phenoxy) is 1. The molecule has 1 amide bonds. The van der Waals surface area contributed by atoms with Gasteiger partial charge in [0.2, 0.25) is 5.91 Å². The summed E-state index contributed by atoms with van der Waals surface area (Å²) in [5.74, 6) is -0.577. The van der Waals surface area contributed by atoms with Crippen LogP contribution in [0.4, 0.5) is 4.39 Å². The third kappa shape index (κ3) is 4.93. The highest BCUT2D eigenvalue weighted by atomic mass is 19.1. The Morgan fingerprint density at radius 1 is 1.59 bits per heavy atom. The first-order valence-corrected chi connectivity index (χ1v) is 5.40. The molecule has 0 aliphatic rings. The maximum atomic E-state index is 12.9. The highest BCUT2D eigenvalue weighted by molar-refractivity contribution is 5.81. The Morgan fingerprint density at radius 3 is 3.00 bits per heavy atom. The molecule has 0 bridgehead atoms. The van der Waals surface area contributed by atoms with Crippen molar-refractivity contribution in [1.29, 1.82) is 0 Å². The third-order valence-electron chi connectivity index (χ3n) is 2.33. The number of nitrogens with two attached hydrogens (primary N) is 1. The molecule has 4 nitrogen and oxygen atoms in total. The molecule has 1 atom stereocenters. The predicted molar refractivity (Wildman–Crippen MR) is 62.7 cm³/mol. The average Bonchev–Trinajstić information content (AvgIpc) is 2.33. The summed E-state index contributed by atoms with van der Waals surface area (Å²) in [6, 6.07) is 5.48. The van der Waals surface area contributed by atoms with Gasteiger partial charge in [0.15, 0.2) is 0 Å². The van der Waals surface area contributed by atoms with E-state index in [9.17, 15) is 9.18 Å². The van der Waals surface area contributed by atoms with Gasteiger partial charge < -0.3 is 15.8 Å². The van der Waals surface area contributed by atoms with Gasteiger partial charge in [0.1, 0.15) is 5.82 Å². The molecule has 94 valence electrons. The molecule has 0 saturated carbocycles. The fourth-order valence-electron chi connectivity index (χ4n) is 1.34. The molecule has 0 spiro atoms. The maximum Gasteiger partial charge on any atom is 0.237 e. The maximum absolute atomic E-state index is 12.9.